The van der Waals surface area contributed by atoms with Gasteiger partial charge < -0.3 is 14.7 Å². The Bertz CT molecular complexity index is 466. The van der Waals surface area contributed by atoms with Crippen LogP contribution in [0.15, 0.2) is 12.1 Å². The molecule has 0 aromatic heterocycles. The van der Waals surface area contributed by atoms with Gasteiger partial charge in [0.15, 0.2) is 17.4 Å². The Kier molecular flexibility index (Phi) is 3.99. The number of aromatic carboxylic acids is 1. The first-order valence-corrected chi connectivity index (χ1v) is 6.04. The van der Waals surface area contributed by atoms with Crippen molar-refractivity contribution < 1.29 is 23.4 Å². The largest absolute Gasteiger partial charge is 0.486 e. The van der Waals surface area contributed by atoms with Crippen LogP contribution < -0.4 is 4.74 Å². The number of hydrogen-bond donors (Lipinski definition) is 1. The minimum absolute atomic E-state index is 0.160. The van der Waals surface area contributed by atoms with Crippen molar-refractivity contribution in [2.45, 2.75) is 18.9 Å². The van der Waals surface area contributed by atoms with Gasteiger partial charge in [0.1, 0.15) is 6.61 Å². The first kappa shape index (κ1) is 13.7. The Labute approximate surface area is 109 Å². The van der Waals surface area contributed by atoms with Crippen molar-refractivity contribution in [3.05, 3.63) is 29.3 Å². The molecule has 19 heavy (non-hydrogen) atoms. The van der Waals surface area contributed by atoms with Crippen LogP contribution in [0.4, 0.5) is 8.78 Å². The molecule has 0 heterocycles. The van der Waals surface area contributed by atoms with Crippen LogP contribution >= 0.6 is 0 Å². The molecule has 2 rings (SSSR count). The zero-order valence-corrected chi connectivity index (χ0v) is 10.5. The van der Waals surface area contributed by atoms with E-state index in [1.54, 1.807) is 0 Å². The number of halogens is 2. The molecule has 0 saturated heterocycles. The Balaban J connectivity index is 1.97. The van der Waals surface area contributed by atoms with E-state index < -0.39 is 28.9 Å². The number of ether oxygens (including phenoxy) is 1. The third-order valence-electron chi connectivity index (χ3n) is 3.11. The predicted molar refractivity (Wildman–Crippen MR) is 64.5 cm³/mol. The maximum atomic E-state index is 13.5. The van der Waals surface area contributed by atoms with Crippen LogP contribution in [-0.4, -0.2) is 42.2 Å². The predicted octanol–water partition coefficient (Wildman–Crippen LogP) is 2.14. The van der Waals surface area contributed by atoms with Crippen LogP contribution in [-0.2, 0) is 0 Å². The second-order valence-electron chi connectivity index (χ2n) is 4.63. The minimum atomic E-state index is -1.38. The van der Waals surface area contributed by atoms with Gasteiger partial charge in [0.05, 0.1) is 5.56 Å². The summed E-state index contributed by atoms with van der Waals surface area (Å²) in [5.74, 6) is -3.88. The summed E-state index contributed by atoms with van der Waals surface area (Å²) < 4.78 is 32.1. The van der Waals surface area contributed by atoms with E-state index in [4.69, 9.17) is 9.84 Å². The zero-order chi connectivity index (χ0) is 14.0. The van der Waals surface area contributed by atoms with Crippen molar-refractivity contribution >= 4 is 5.97 Å². The summed E-state index contributed by atoms with van der Waals surface area (Å²) in [6, 6.07) is 2.06. The van der Waals surface area contributed by atoms with Gasteiger partial charge in [0.25, 0.3) is 0 Å². The van der Waals surface area contributed by atoms with Crippen molar-refractivity contribution in [1.29, 1.82) is 0 Å². The number of benzene rings is 1. The Morgan fingerprint density at radius 3 is 2.47 bits per heavy atom. The lowest BCUT2D eigenvalue weighted by molar-refractivity contribution is 0.0695. The maximum Gasteiger partial charge on any atom is 0.335 e. The first-order chi connectivity index (χ1) is 8.99. The Hall–Kier alpha value is -1.69. The lowest BCUT2D eigenvalue weighted by Crippen LogP contribution is -2.26. The molecule has 0 spiro atoms. The number of carbonyl (C=O) groups is 1. The van der Waals surface area contributed by atoms with Crippen molar-refractivity contribution in [2.24, 2.45) is 0 Å². The lowest BCUT2D eigenvalue weighted by Gasteiger charge is -2.16. The number of carboxylic acids is 1. The molecule has 1 N–H and O–H groups in total. The average molecular weight is 271 g/mol. The van der Waals surface area contributed by atoms with E-state index in [1.807, 2.05) is 7.05 Å². The van der Waals surface area contributed by atoms with E-state index in [2.05, 4.69) is 4.90 Å². The van der Waals surface area contributed by atoms with E-state index in [0.29, 0.717) is 12.6 Å². The number of likely N-dealkylation sites (N-methyl/N-ethyl adjacent to an activating group) is 1. The summed E-state index contributed by atoms with van der Waals surface area (Å²) in [5.41, 5.74) is -0.433. The van der Waals surface area contributed by atoms with E-state index in [0.717, 1.165) is 25.0 Å². The van der Waals surface area contributed by atoms with Gasteiger partial charge in [-0.25, -0.2) is 13.6 Å². The van der Waals surface area contributed by atoms with Crippen LogP contribution in [0.5, 0.6) is 5.75 Å². The molecule has 1 saturated carbocycles. The quantitative estimate of drug-likeness (QED) is 0.861. The van der Waals surface area contributed by atoms with Crippen LogP contribution in [0.3, 0.4) is 0 Å². The van der Waals surface area contributed by atoms with Crippen LogP contribution in [0.2, 0.25) is 0 Å². The second kappa shape index (κ2) is 5.52. The highest BCUT2D eigenvalue weighted by atomic mass is 19.1. The molecular weight excluding hydrogens is 256 g/mol. The molecule has 0 aliphatic heterocycles. The van der Waals surface area contributed by atoms with E-state index >= 15 is 0 Å². The fourth-order valence-corrected chi connectivity index (χ4v) is 1.81. The topological polar surface area (TPSA) is 49.8 Å². The fraction of sp³-hybridized carbons (Fsp3) is 0.462. The molecule has 1 aliphatic carbocycles. The third kappa shape index (κ3) is 3.41. The van der Waals surface area contributed by atoms with Gasteiger partial charge in [0.2, 0.25) is 0 Å². The van der Waals surface area contributed by atoms with E-state index in [1.165, 1.54) is 0 Å². The van der Waals surface area contributed by atoms with Gasteiger partial charge in [-0.2, -0.15) is 0 Å². The highest BCUT2D eigenvalue weighted by Crippen LogP contribution is 2.26. The highest BCUT2D eigenvalue weighted by molar-refractivity contribution is 5.87. The SMILES string of the molecule is CN(CCOc1c(F)cc(C(=O)O)cc1F)C1CC1. The molecule has 1 aromatic rings. The number of hydrogen-bond acceptors (Lipinski definition) is 3. The third-order valence-corrected chi connectivity index (χ3v) is 3.11. The van der Waals surface area contributed by atoms with Gasteiger partial charge in [0, 0.05) is 12.6 Å². The molecular formula is C13H15F2NO3. The molecule has 0 amide bonds. The second-order valence-corrected chi connectivity index (χ2v) is 4.63. The van der Waals surface area contributed by atoms with Gasteiger partial charge >= 0.3 is 5.97 Å². The number of nitrogens with zero attached hydrogens (tertiary/aromatic N) is 1. The van der Waals surface area contributed by atoms with Crippen LogP contribution in [0.1, 0.15) is 23.2 Å². The summed E-state index contributed by atoms with van der Waals surface area (Å²) in [7, 11) is 1.93. The zero-order valence-electron chi connectivity index (χ0n) is 10.5. The molecule has 0 bridgehead atoms. The minimum Gasteiger partial charge on any atom is -0.486 e. The molecule has 4 nitrogen and oxygen atoms in total. The molecule has 6 heteroatoms. The van der Waals surface area contributed by atoms with Crippen LogP contribution in [0.25, 0.3) is 0 Å². The summed E-state index contributed by atoms with van der Waals surface area (Å²) in [4.78, 5) is 12.7. The van der Waals surface area contributed by atoms with Gasteiger partial charge in [-0.05, 0) is 32.0 Å². The van der Waals surface area contributed by atoms with Gasteiger partial charge in [-0.15, -0.1) is 0 Å². The molecule has 1 aliphatic rings. The van der Waals surface area contributed by atoms with Crippen molar-refractivity contribution in [2.75, 3.05) is 20.2 Å². The molecule has 104 valence electrons. The fourth-order valence-electron chi connectivity index (χ4n) is 1.81. The average Bonchev–Trinajstić information content (AvgIpc) is 3.15. The summed E-state index contributed by atoms with van der Waals surface area (Å²) in [6.45, 7) is 0.734. The number of carboxylic acid groups (broad SMARTS) is 1. The standard InChI is InChI=1S/C13H15F2NO3/c1-16(9-2-3-9)4-5-19-12-10(14)6-8(13(17)18)7-11(12)15/h6-7,9H,2-5H2,1H3,(H,17,18). The molecule has 1 fully saturated rings. The maximum absolute atomic E-state index is 13.5. The van der Waals surface area contributed by atoms with E-state index in [9.17, 15) is 13.6 Å². The number of rotatable bonds is 6. The Morgan fingerprint density at radius 1 is 1.42 bits per heavy atom. The normalized spacial score (nSPS) is 14.7. The van der Waals surface area contributed by atoms with Crippen LogP contribution in [0, 0.1) is 11.6 Å². The van der Waals surface area contributed by atoms with Crippen molar-refractivity contribution in [3.8, 4) is 5.75 Å². The summed E-state index contributed by atoms with van der Waals surface area (Å²) >= 11 is 0. The molecule has 0 unspecified atom stereocenters. The Morgan fingerprint density at radius 2 is 2.00 bits per heavy atom. The monoisotopic (exact) mass is 271 g/mol. The summed E-state index contributed by atoms with van der Waals surface area (Å²) in [5, 5.41) is 8.66. The first-order valence-electron chi connectivity index (χ1n) is 6.04. The van der Waals surface area contributed by atoms with Gasteiger partial charge in [-0.3, -0.25) is 0 Å². The van der Waals surface area contributed by atoms with E-state index in [-0.39, 0.29) is 6.61 Å². The molecule has 1 aromatic carbocycles. The van der Waals surface area contributed by atoms with Crippen molar-refractivity contribution in [1.82, 2.24) is 4.90 Å². The molecule has 0 atom stereocenters. The highest BCUT2D eigenvalue weighted by Gasteiger charge is 2.25. The van der Waals surface area contributed by atoms with Gasteiger partial charge in [-0.1, -0.05) is 0 Å². The smallest absolute Gasteiger partial charge is 0.335 e. The molecule has 0 radical (unpaired) electrons. The van der Waals surface area contributed by atoms with Crippen molar-refractivity contribution in [3.63, 3.8) is 0 Å². The summed E-state index contributed by atoms with van der Waals surface area (Å²) in [6.07, 6.45) is 2.29. The lowest BCUT2D eigenvalue weighted by atomic mass is 10.2.